The molecule has 3 aliphatic rings. The Morgan fingerprint density at radius 2 is 1.95 bits per heavy atom. The van der Waals surface area contributed by atoms with Crippen molar-refractivity contribution in [1.82, 2.24) is 5.32 Å². The van der Waals surface area contributed by atoms with Gasteiger partial charge in [0.15, 0.2) is 0 Å². The Hall–Kier alpha value is -1.61. The average Bonchev–Trinajstić information content (AvgIpc) is 2.56. The van der Waals surface area contributed by atoms with E-state index in [1.54, 1.807) is 0 Å². The molecule has 1 fully saturated rings. The van der Waals surface area contributed by atoms with E-state index in [0.29, 0.717) is 12.5 Å². The summed E-state index contributed by atoms with van der Waals surface area (Å²) in [7, 11) is 0. The normalized spacial score (nSPS) is 25.2. The van der Waals surface area contributed by atoms with Crippen LogP contribution in [-0.2, 0) is 9.53 Å². The van der Waals surface area contributed by atoms with Gasteiger partial charge in [0.05, 0.1) is 12.2 Å². The van der Waals surface area contributed by atoms with Crippen LogP contribution >= 0.6 is 0 Å². The molecule has 0 aliphatic heterocycles. The Kier molecular flexibility index (Phi) is 4.63. The minimum Gasteiger partial charge on any atom is -0.463 e. The maximum atomic E-state index is 12.4. The Bertz CT molecular complexity index is 554. The first-order valence-corrected chi connectivity index (χ1v) is 8.40. The van der Waals surface area contributed by atoms with Gasteiger partial charge in [0.1, 0.15) is 0 Å². The fourth-order valence-corrected chi connectivity index (χ4v) is 3.85. The lowest BCUT2D eigenvalue weighted by molar-refractivity contribution is -0.139. The maximum Gasteiger partial charge on any atom is 0.335 e. The average molecular weight is 299 g/mol. The molecule has 1 N–H and O–H groups in total. The zero-order valence-electron chi connectivity index (χ0n) is 13.5. The Balaban J connectivity index is 1.82. The summed E-state index contributed by atoms with van der Waals surface area (Å²) in [5.41, 5.74) is 3.50. The minimum atomic E-state index is -0.111. The number of ether oxygens (including phenoxy) is 1. The third-order valence-corrected chi connectivity index (χ3v) is 5.02. The molecule has 1 unspecified atom stereocenters. The van der Waals surface area contributed by atoms with E-state index in [1.807, 2.05) is 13.0 Å². The molecule has 3 nitrogen and oxygen atoms in total. The summed E-state index contributed by atoms with van der Waals surface area (Å²) < 4.78 is 5.31. The van der Waals surface area contributed by atoms with Crippen molar-refractivity contribution in [2.75, 3.05) is 6.61 Å². The number of hydrogen-bond acceptors (Lipinski definition) is 3. The maximum absolute atomic E-state index is 12.4. The van der Waals surface area contributed by atoms with Crippen LogP contribution in [-0.4, -0.2) is 18.6 Å². The van der Waals surface area contributed by atoms with E-state index in [0.717, 1.165) is 18.4 Å². The van der Waals surface area contributed by atoms with Crippen LogP contribution in [0.1, 0.15) is 51.1 Å². The first kappa shape index (κ1) is 15.3. The van der Waals surface area contributed by atoms with Gasteiger partial charge in [0.2, 0.25) is 0 Å². The zero-order chi connectivity index (χ0) is 15.5. The molecule has 0 radical (unpaired) electrons. The molecule has 1 saturated carbocycles. The second-order valence-corrected chi connectivity index (χ2v) is 6.35. The fraction of sp³-hybridized carbons (Fsp3) is 0.526. The number of nitrogens with one attached hydrogen (secondary N) is 1. The molecule has 3 aliphatic carbocycles. The largest absolute Gasteiger partial charge is 0.463 e. The van der Waals surface area contributed by atoms with Gasteiger partial charge in [0.25, 0.3) is 0 Å². The van der Waals surface area contributed by atoms with Gasteiger partial charge in [0, 0.05) is 12.1 Å². The summed E-state index contributed by atoms with van der Waals surface area (Å²) in [6.07, 6.45) is 4.52. The highest BCUT2D eigenvalue weighted by atomic mass is 16.5. The highest BCUT2D eigenvalue weighted by molar-refractivity contribution is 5.91. The number of carbonyl (C=O) groups excluding carboxylic acids is 1. The van der Waals surface area contributed by atoms with Gasteiger partial charge in [-0.15, -0.1) is 0 Å². The number of esters is 1. The van der Waals surface area contributed by atoms with Crippen LogP contribution in [0.5, 0.6) is 0 Å². The van der Waals surface area contributed by atoms with E-state index in [1.165, 1.54) is 24.0 Å². The van der Waals surface area contributed by atoms with Crippen molar-refractivity contribution in [2.24, 2.45) is 5.92 Å². The Morgan fingerprint density at radius 3 is 2.59 bits per heavy atom. The predicted molar refractivity (Wildman–Crippen MR) is 87.4 cm³/mol. The molecule has 2 bridgehead atoms. The number of fused-ring (bicyclic) bond motifs is 3. The molecule has 3 heteroatoms. The molecule has 22 heavy (non-hydrogen) atoms. The van der Waals surface area contributed by atoms with E-state index in [-0.39, 0.29) is 18.1 Å². The summed E-state index contributed by atoms with van der Waals surface area (Å²) in [4.78, 5) is 12.4. The van der Waals surface area contributed by atoms with E-state index >= 15 is 0 Å². The van der Waals surface area contributed by atoms with Crippen molar-refractivity contribution in [3.05, 3.63) is 47.0 Å². The van der Waals surface area contributed by atoms with Crippen molar-refractivity contribution in [2.45, 2.75) is 51.6 Å². The standard InChI is InChI=1S/C19H25NO2/c1-3-22-19(21)17-15-9-11-16(12-10-15)18(17)20-13(2)14-7-5-4-6-8-14/h4-8,13,16,18,20H,3,9-12H2,1-2H3/t13?,18-/m0/s1. The topological polar surface area (TPSA) is 38.3 Å². The van der Waals surface area contributed by atoms with Crippen LogP contribution in [0.25, 0.3) is 0 Å². The molecule has 0 saturated heterocycles. The minimum absolute atomic E-state index is 0.111. The third-order valence-electron chi connectivity index (χ3n) is 5.02. The number of rotatable bonds is 5. The van der Waals surface area contributed by atoms with Crippen molar-refractivity contribution < 1.29 is 9.53 Å². The first-order valence-electron chi connectivity index (χ1n) is 8.40. The van der Waals surface area contributed by atoms with Crippen molar-refractivity contribution >= 4 is 5.97 Å². The fourth-order valence-electron chi connectivity index (χ4n) is 3.85. The Morgan fingerprint density at radius 1 is 1.27 bits per heavy atom. The van der Waals surface area contributed by atoms with Crippen LogP contribution < -0.4 is 5.32 Å². The molecule has 0 amide bonds. The van der Waals surface area contributed by atoms with E-state index in [4.69, 9.17) is 4.74 Å². The summed E-state index contributed by atoms with van der Waals surface area (Å²) in [6.45, 7) is 4.49. The summed E-state index contributed by atoms with van der Waals surface area (Å²) >= 11 is 0. The predicted octanol–water partition coefficient (Wildman–Crippen LogP) is 3.77. The Labute approximate surface area is 132 Å². The number of allylic oxidation sites excluding steroid dienone is 1. The van der Waals surface area contributed by atoms with Gasteiger partial charge in [-0.2, -0.15) is 0 Å². The summed E-state index contributed by atoms with van der Waals surface area (Å²) in [6, 6.07) is 10.8. The lowest BCUT2D eigenvalue weighted by Gasteiger charge is -2.41. The number of hydrogen-bond donors (Lipinski definition) is 1. The van der Waals surface area contributed by atoms with Crippen molar-refractivity contribution in [3.8, 4) is 0 Å². The smallest absolute Gasteiger partial charge is 0.335 e. The quantitative estimate of drug-likeness (QED) is 0.841. The SMILES string of the molecule is CCOC(=O)C1=C2CCC(CC2)[C@@H]1NC(C)c1ccccc1. The van der Waals surface area contributed by atoms with Crippen LogP contribution in [0.3, 0.4) is 0 Å². The summed E-state index contributed by atoms with van der Waals surface area (Å²) in [5, 5.41) is 3.70. The van der Waals surface area contributed by atoms with Gasteiger partial charge < -0.3 is 10.1 Å². The molecule has 0 heterocycles. The number of carbonyl (C=O) groups is 1. The zero-order valence-corrected chi connectivity index (χ0v) is 13.5. The van der Waals surface area contributed by atoms with Crippen LogP contribution in [0, 0.1) is 5.92 Å². The van der Waals surface area contributed by atoms with Crippen LogP contribution in [0.15, 0.2) is 41.5 Å². The van der Waals surface area contributed by atoms with Gasteiger partial charge in [-0.3, -0.25) is 0 Å². The highest BCUT2D eigenvalue weighted by Gasteiger charge is 2.40. The molecular weight excluding hydrogens is 274 g/mol. The second-order valence-electron chi connectivity index (χ2n) is 6.35. The molecule has 1 aromatic rings. The molecule has 0 spiro atoms. The molecule has 0 aromatic heterocycles. The number of benzene rings is 1. The summed E-state index contributed by atoms with van der Waals surface area (Å²) in [5.74, 6) is 0.447. The highest BCUT2D eigenvalue weighted by Crippen LogP contribution is 2.42. The van der Waals surface area contributed by atoms with E-state index in [2.05, 4.69) is 36.5 Å². The van der Waals surface area contributed by atoms with Gasteiger partial charge in [-0.1, -0.05) is 35.9 Å². The van der Waals surface area contributed by atoms with Crippen LogP contribution in [0.2, 0.25) is 0 Å². The molecule has 118 valence electrons. The lowest BCUT2D eigenvalue weighted by Crippen LogP contribution is -2.46. The van der Waals surface area contributed by atoms with Gasteiger partial charge in [-0.05, 0) is 51.0 Å². The van der Waals surface area contributed by atoms with Crippen molar-refractivity contribution in [1.29, 1.82) is 0 Å². The first-order chi connectivity index (χ1) is 10.7. The van der Waals surface area contributed by atoms with E-state index in [9.17, 15) is 4.79 Å². The van der Waals surface area contributed by atoms with Crippen molar-refractivity contribution in [3.63, 3.8) is 0 Å². The van der Waals surface area contributed by atoms with Gasteiger partial charge >= 0.3 is 5.97 Å². The molecular formula is C19H25NO2. The monoisotopic (exact) mass is 299 g/mol. The lowest BCUT2D eigenvalue weighted by atomic mass is 9.70. The van der Waals surface area contributed by atoms with Gasteiger partial charge in [-0.25, -0.2) is 4.79 Å². The molecule has 2 atom stereocenters. The van der Waals surface area contributed by atoms with Crippen LogP contribution in [0.4, 0.5) is 0 Å². The molecule has 4 rings (SSSR count). The molecule has 1 aromatic carbocycles. The third kappa shape index (κ3) is 2.95. The van der Waals surface area contributed by atoms with E-state index < -0.39 is 0 Å². The second kappa shape index (κ2) is 6.66.